The quantitative estimate of drug-likeness (QED) is 0.690. The van der Waals surface area contributed by atoms with Crippen LogP contribution in [0.2, 0.25) is 0 Å². The van der Waals surface area contributed by atoms with Gasteiger partial charge in [0.1, 0.15) is 17.6 Å². The molecule has 1 aliphatic rings. The highest BCUT2D eigenvalue weighted by atomic mass is 16.5. The van der Waals surface area contributed by atoms with Gasteiger partial charge in [-0.1, -0.05) is 18.2 Å². The number of ether oxygens (including phenoxy) is 1. The number of benzene rings is 1. The van der Waals surface area contributed by atoms with Crippen LogP contribution >= 0.6 is 0 Å². The minimum absolute atomic E-state index is 0.106. The van der Waals surface area contributed by atoms with Crippen molar-refractivity contribution in [1.82, 2.24) is 0 Å². The number of rotatable bonds is 2. The molecule has 0 heterocycles. The first-order valence-electron chi connectivity index (χ1n) is 4.58. The van der Waals surface area contributed by atoms with E-state index in [4.69, 9.17) is 4.74 Å². The van der Waals surface area contributed by atoms with Gasteiger partial charge < -0.3 is 4.74 Å². The molecule has 1 atom stereocenters. The van der Waals surface area contributed by atoms with Gasteiger partial charge in [0.05, 0.1) is 0 Å². The number of para-hydroxylation sites is 1. The molecule has 0 saturated heterocycles. The fraction of sp³-hybridized carbons (Fsp3) is 0.364. The van der Waals surface area contributed by atoms with Gasteiger partial charge in [0.25, 0.3) is 0 Å². The van der Waals surface area contributed by atoms with Crippen LogP contribution in [0.4, 0.5) is 0 Å². The normalized spacial score (nSPS) is 21.8. The zero-order valence-electron chi connectivity index (χ0n) is 7.40. The summed E-state index contributed by atoms with van der Waals surface area (Å²) < 4.78 is 5.62. The molecule has 0 amide bonds. The zero-order valence-corrected chi connectivity index (χ0v) is 7.40. The van der Waals surface area contributed by atoms with Gasteiger partial charge in [-0.05, 0) is 18.6 Å². The van der Waals surface area contributed by atoms with Crippen molar-refractivity contribution >= 4 is 5.78 Å². The second kappa shape index (κ2) is 3.60. The summed E-state index contributed by atoms with van der Waals surface area (Å²) in [6.45, 7) is 0. The fourth-order valence-corrected chi connectivity index (χ4v) is 1.57. The Bertz CT molecular complexity index is 292. The van der Waals surface area contributed by atoms with Crippen LogP contribution in [-0.4, -0.2) is 11.9 Å². The molecule has 0 bridgehead atoms. The van der Waals surface area contributed by atoms with Crippen LogP contribution in [0, 0.1) is 0 Å². The lowest BCUT2D eigenvalue weighted by Gasteiger charge is -2.11. The van der Waals surface area contributed by atoms with Gasteiger partial charge in [-0.3, -0.25) is 4.79 Å². The third-order valence-electron chi connectivity index (χ3n) is 2.25. The monoisotopic (exact) mass is 176 g/mol. The molecule has 0 radical (unpaired) electrons. The molecule has 68 valence electrons. The SMILES string of the molecule is O=C1CCC(Oc2ccccc2)C1. The molecule has 0 spiro atoms. The second-order valence-corrected chi connectivity index (χ2v) is 3.33. The topological polar surface area (TPSA) is 26.3 Å². The Labute approximate surface area is 77.5 Å². The van der Waals surface area contributed by atoms with Gasteiger partial charge in [-0.15, -0.1) is 0 Å². The van der Waals surface area contributed by atoms with Crippen molar-refractivity contribution in [1.29, 1.82) is 0 Å². The Morgan fingerprint density at radius 3 is 2.62 bits per heavy atom. The van der Waals surface area contributed by atoms with E-state index < -0.39 is 0 Å². The number of carbonyl (C=O) groups is 1. The van der Waals surface area contributed by atoms with Crippen molar-refractivity contribution in [3.8, 4) is 5.75 Å². The van der Waals surface area contributed by atoms with E-state index >= 15 is 0 Å². The van der Waals surface area contributed by atoms with E-state index in [0.717, 1.165) is 12.2 Å². The van der Waals surface area contributed by atoms with Crippen molar-refractivity contribution in [2.45, 2.75) is 25.4 Å². The van der Waals surface area contributed by atoms with E-state index in [-0.39, 0.29) is 6.10 Å². The Morgan fingerprint density at radius 1 is 1.23 bits per heavy atom. The smallest absolute Gasteiger partial charge is 0.136 e. The van der Waals surface area contributed by atoms with Crippen LogP contribution in [0.1, 0.15) is 19.3 Å². The summed E-state index contributed by atoms with van der Waals surface area (Å²) in [7, 11) is 0. The first kappa shape index (κ1) is 8.30. The van der Waals surface area contributed by atoms with E-state index in [0.29, 0.717) is 18.6 Å². The highest BCUT2D eigenvalue weighted by Crippen LogP contribution is 2.21. The molecule has 2 rings (SSSR count). The lowest BCUT2D eigenvalue weighted by Crippen LogP contribution is -2.11. The molecule has 1 aromatic rings. The Morgan fingerprint density at radius 2 is 2.00 bits per heavy atom. The maximum atomic E-state index is 11.0. The molecule has 0 N–H and O–H groups in total. The third kappa shape index (κ3) is 2.08. The largest absolute Gasteiger partial charge is 0.490 e. The first-order valence-corrected chi connectivity index (χ1v) is 4.58. The number of hydrogen-bond donors (Lipinski definition) is 0. The minimum Gasteiger partial charge on any atom is -0.490 e. The average molecular weight is 176 g/mol. The van der Waals surface area contributed by atoms with Crippen molar-refractivity contribution in [2.24, 2.45) is 0 Å². The third-order valence-corrected chi connectivity index (χ3v) is 2.25. The lowest BCUT2D eigenvalue weighted by atomic mass is 10.3. The van der Waals surface area contributed by atoms with E-state index in [1.165, 1.54) is 0 Å². The van der Waals surface area contributed by atoms with E-state index in [1.807, 2.05) is 30.3 Å². The summed E-state index contributed by atoms with van der Waals surface area (Å²) in [5, 5.41) is 0. The van der Waals surface area contributed by atoms with Gasteiger partial charge in [0.15, 0.2) is 0 Å². The highest BCUT2D eigenvalue weighted by Gasteiger charge is 2.23. The number of carbonyl (C=O) groups excluding carboxylic acids is 1. The molecule has 13 heavy (non-hydrogen) atoms. The molecule has 1 aromatic carbocycles. The zero-order chi connectivity index (χ0) is 9.10. The van der Waals surface area contributed by atoms with Crippen molar-refractivity contribution in [3.05, 3.63) is 30.3 Å². The van der Waals surface area contributed by atoms with Crippen LogP contribution in [0.25, 0.3) is 0 Å². The van der Waals surface area contributed by atoms with E-state index in [1.54, 1.807) is 0 Å². The molecular weight excluding hydrogens is 164 g/mol. The standard InChI is InChI=1S/C11H12O2/c12-9-6-7-11(8-9)13-10-4-2-1-3-5-10/h1-5,11H,6-8H2. The predicted octanol–water partition coefficient (Wildman–Crippen LogP) is 2.19. The highest BCUT2D eigenvalue weighted by molar-refractivity contribution is 5.81. The van der Waals surface area contributed by atoms with Crippen LogP contribution in [0.3, 0.4) is 0 Å². The summed E-state index contributed by atoms with van der Waals surface area (Å²) in [5.74, 6) is 1.18. The predicted molar refractivity (Wildman–Crippen MR) is 49.7 cm³/mol. The van der Waals surface area contributed by atoms with Crippen molar-refractivity contribution in [2.75, 3.05) is 0 Å². The van der Waals surface area contributed by atoms with Crippen LogP contribution < -0.4 is 4.74 Å². The summed E-state index contributed by atoms with van der Waals surface area (Å²) in [5.41, 5.74) is 0. The summed E-state index contributed by atoms with van der Waals surface area (Å²) in [4.78, 5) is 11.0. The van der Waals surface area contributed by atoms with Crippen LogP contribution in [0.15, 0.2) is 30.3 Å². The molecule has 1 aliphatic carbocycles. The van der Waals surface area contributed by atoms with E-state index in [2.05, 4.69) is 0 Å². The first-order chi connectivity index (χ1) is 6.34. The van der Waals surface area contributed by atoms with Gasteiger partial charge in [0, 0.05) is 12.8 Å². The molecule has 2 nitrogen and oxygen atoms in total. The van der Waals surface area contributed by atoms with Crippen LogP contribution in [-0.2, 0) is 4.79 Å². The average Bonchev–Trinajstić information content (AvgIpc) is 2.53. The van der Waals surface area contributed by atoms with Gasteiger partial charge in [-0.25, -0.2) is 0 Å². The van der Waals surface area contributed by atoms with Crippen LogP contribution in [0.5, 0.6) is 5.75 Å². The Balaban J connectivity index is 1.96. The molecule has 0 aromatic heterocycles. The molecular formula is C11H12O2. The maximum absolute atomic E-state index is 11.0. The summed E-state index contributed by atoms with van der Waals surface area (Å²) in [6, 6.07) is 9.66. The van der Waals surface area contributed by atoms with Crippen molar-refractivity contribution < 1.29 is 9.53 Å². The lowest BCUT2D eigenvalue weighted by molar-refractivity contribution is -0.117. The maximum Gasteiger partial charge on any atom is 0.136 e. The van der Waals surface area contributed by atoms with Gasteiger partial charge in [0.2, 0.25) is 0 Å². The number of Topliss-reactive ketones (excluding diaryl/α,β-unsaturated/α-hetero) is 1. The summed E-state index contributed by atoms with van der Waals surface area (Å²) >= 11 is 0. The molecule has 1 fully saturated rings. The summed E-state index contributed by atoms with van der Waals surface area (Å²) in [6.07, 6.45) is 2.23. The van der Waals surface area contributed by atoms with Crippen molar-refractivity contribution in [3.63, 3.8) is 0 Å². The van der Waals surface area contributed by atoms with Gasteiger partial charge in [-0.2, -0.15) is 0 Å². The minimum atomic E-state index is 0.106. The molecule has 0 aliphatic heterocycles. The molecule has 1 unspecified atom stereocenters. The Kier molecular flexibility index (Phi) is 2.30. The van der Waals surface area contributed by atoms with Gasteiger partial charge >= 0.3 is 0 Å². The van der Waals surface area contributed by atoms with E-state index in [9.17, 15) is 4.79 Å². The second-order valence-electron chi connectivity index (χ2n) is 3.33. The number of ketones is 1. The Hall–Kier alpha value is -1.31. The number of hydrogen-bond acceptors (Lipinski definition) is 2. The molecule has 2 heteroatoms. The molecule has 1 saturated carbocycles. The fourth-order valence-electron chi connectivity index (χ4n) is 1.57.